The van der Waals surface area contributed by atoms with Crippen LogP contribution in [0.2, 0.25) is 0 Å². The molecule has 0 radical (unpaired) electrons. The van der Waals surface area contributed by atoms with Crippen LogP contribution in [0.25, 0.3) is 0 Å². The number of halogens is 1. The first kappa shape index (κ1) is 13.5. The summed E-state index contributed by atoms with van der Waals surface area (Å²) in [5.41, 5.74) is -0.0674. The molecule has 0 spiro atoms. The number of aliphatic hydroxyl groups excluding tert-OH is 1. The van der Waals surface area contributed by atoms with Gasteiger partial charge in [0.2, 0.25) is 0 Å². The maximum atomic E-state index is 10.5. The molecule has 96 valence electrons. The predicted octanol–water partition coefficient (Wildman–Crippen LogP) is 3.60. The Labute approximate surface area is 116 Å². The SMILES string of the molecule is CC1CCC(C#N)(C(O)c2ccc(Br)cn2)CC1. The van der Waals surface area contributed by atoms with Crippen LogP contribution >= 0.6 is 15.9 Å². The van der Waals surface area contributed by atoms with Gasteiger partial charge < -0.3 is 5.11 Å². The maximum Gasteiger partial charge on any atom is 0.114 e. The van der Waals surface area contributed by atoms with E-state index in [1.807, 2.05) is 6.07 Å². The van der Waals surface area contributed by atoms with Crippen molar-refractivity contribution in [3.63, 3.8) is 0 Å². The lowest BCUT2D eigenvalue weighted by atomic mass is 9.68. The Bertz CT molecular complexity index is 444. The largest absolute Gasteiger partial charge is 0.385 e. The molecule has 3 nitrogen and oxygen atoms in total. The van der Waals surface area contributed by atoms with Gasteiger partial charge in [0.15, 0.2) is 0 Å². The molecular weight excluding hydrogens is 292 g/mol. The summed E-state index contributed by atoms with van der Waals surface area (Å²) in [6.07, 6.45) is 4.38. The van der Waals surface area contributed by atoms with Gasteiger partial charge >= 0.3 is 0 Å². The molecule has 1 N–H and O–H groups in total. The number of nitriles is 1. The van der Waals surface area contributed by atoms with E-state index in [0.717, 1.165) is 30.2 Å². The van der Waals surface area contributed by atoms with E-state index in [1.54, 1.807) is 12.3 Å². The zero-order valence-corrected chi connectivity index (χ0v) is 12.0. The van der Waals surface area contributed by atoms with Gasteiger partial charge in [0.05, 0.1) is 17.2 Å². The van der Waals surface area contributed by atoms with Crippen molar-refractivity contribution in [2.24, 2.45) is 11.3 Å². The number of nitrogens with zero attached hydrogens (tertiary/aromatic N) is 2. The van der Waals surface area contributed by atoms with Crippen LogP contribution < -0.4 is 0 Å². The van der Waals surface area contributed by atoms with Gasteiger partial charge in [-0.15, -0.1) is 0 Å². The quantitative estimate of drug-likeness (QED) is 0.908. The van der Waals surface area contributed by atoms with Gasteiger partial charge in [-0.1, -0.05) is 6.92 Å². The Kier molecular flexibility index (Phi) is 4.04. The van der Waals surface area contributed by atoms with Crippen molar-refractivity contribution < 1.29 is 5.11 Å². The van der Waals surface area contributed by atoms with Crippen molar-refractivity contribution >= 4 is 15.9 Å². The summed E-state index contributed by atoms with van der Waals surface area (Å²) in [5.74, 6) is 0.650. The minimum atomic E-state index is -0.789. The zero-order chi connectivity index (χ0) is 13.2. The highest BCUT2D eigenvalue weighted by molar-refractivity contribution is 9.10. The number of aromatic nitrogens is 1. The number of pyridine rings is 1. The lowest BCUT2D eigenvalue weighted by Gasteiger charge is -2.37. The van der Waals surface area contributed by atoms with Gasteiger partial charge in [-0.2, -0.15) is 5.26 Å². The molecule has 0 amide bonds. The van der Waals surface area contributed by atoms with Crippen molar-refractivity contribution in [3.8, 4) is 6.07 Å². The third-order valence-electron chi connectivity index (χ3n) is 3.94. The molecule has 1 saturated carbocycles. The van der Waals surface area contributed by atoms with Crippen LogP contribution in [0.1, 0.15) is 44.4 Å². The highest BCUT2D eigenvalue weighted by Crippen LogP contribution is 2.46. The second-order valence-corrected chi connectivity index (χ2v) is 6.17. The summed E-state index contributed by atoms with van der Waals surface area (Å²) < 4.78 is 0.877. The highest BCUT2D eigenvalue weighted by atomic mass is 79.9. The highest BCUT2D eigenvalue weighted by Gasteiger charge is 2.42. The lowest BCUT2D eigenvalue weighted by Crippen LogP contribution is -2.32. The fraction of sp³-hybridized carbons (Fsp3) is 0.571. The van der Waals surface area contributed by atoms with Crippen molar-refractivity contribution in [1.82, 2.24) is 4.98 Å². The summed E-state index contributed by atoms with van der Waals surface area (Å²) in [7, 11) is 0. The number of hydrogen-bond donors (Lipinski definition) is 1. The summed E-state index contributed by atoms with van der Waals surface area (Å²) >= 11 is 3.32. The number of rotatable bonds is 2. The molecule has 0 aromatic carbocycles. The normalized spacial score (nSPS) is 29.6. The molecule has 1 heterocycles. The molecule has 18 heavy (non-hydrogen) atoms. The first-order valence-electron chi connectivity index (χ1n) is 6.28. The van der Waals surface area contributed by atoms with Gasteiger partial charge in [0, 0.05) is 10.7 Å². The van der Waals surface area contributed by atoms with E-state index in [0.29, 0.717) is 11.6 Å². The molecule has 1 aliphatic rings. The first-order chi connectivity index (χ1) is 8.57. The molecule has 0 bridgehead atoms. The Morgan fingerprint density at radius 3 is 2.67 bits per heavy atom. The van der Waals surface area contributed by atoms with E-state index in [2.05, 4.69) is 33.9 Å². The summed E-state index contributed by atoms with van der Waals surface area (Å²) in [4.78, 5) is 4.22. The molecule has 0 saturated heterocycles. The molecule has 4 heteroatoms. The minimum Gasteiger partial charge on any atom is -0.385 e. The maximum absolute atomic E-state index is 10.5. The van der Waals surface area contributed by atoms with Crippen LogP contribution in [-0.4, -0.2) is 10.1 Å². The fourth-order valence-corrected chi connectivity index (χ4v) is 2.79. The molecule has 2 rings (SSSR count). The molecule has 0 aliphatic heterocycles. The first-order valence-corrected chi connectivity index (χ1v) is 7.07. The average Bonchev–Trinajstić information content (AvgIpc) is 2.40. The van der Waals surface area contributed by atoms with Gasteiger partial charge in [-0.3, -0.25) is 4.98 Å². The summed E-state index contributed by atoms with van der Waals surface area (Å²) in [6, 6.07) is 5.98. The van der Waals surface area contributed by atoms with Crippen LogP contribution in [0.4, 0.5) is 0 Å². The van der Waals surface area contributed by atoms with E-state index in [9.17, 15) is 10.4 Å². The Morgan fingerprint density at radius 1 is 1.50 bits per heavy atom. The van der Waals surface area contributed by atoms with Crippen LogP contribution in [0.3, 0.4) is 0 Å². The molecule has 1 fully saturated rings. The average molecular weight is 309 g/mol. The molecule has 1 aromatic rings. The summed E-state index contributed by atoms with van der Waals surface area (Å²) in [5, 5.41) is 19.9. The Hall–Kier alpha value is -0.920. The molecule has 1 aliphatic carbocycles. The zero-order valence-electron chi connectivity index (χ0n) is 10.4. The van der Waals surface area contributed by atoms with Crippen molar-refractivity contribution in [1.29, 1.82) is 5.26 Å². The van der Waals surface area contributed by atoms with Gasteiger partial charge in [0.1, 0.15) is 6.10 Å². The van der Waals surface area contributed by atoms with Crippen LogP contribution in [-0.2, 0) is 0 Å². The second kappa shape index (κ2) is 5.38. The Balaban J connectivity index is 2.23. The third-order valence-corrected chi connectivity index (χ3v) is 4.41. The van der Waals surface area contributed by atoms with E-state index in [-0.39, 0.29) is 0 Å². The van der Waals surface area contributed by atoms with Crippen LogP contribution in [0.5, 0.6) is 0 Å². The number of aliphatic hydroxyl groups is 1. The van der Waals surface area contributed by atoms with E-state index in [4.69, 9.17) is 0 Å². The standard InChI is InChI=1S/C14H17BrN2O/c1-10-4-6-14(9-16,7-5-10)13(18)12-3-2-11(15)8-17-12/h2-3,8,10,13,18H,4-7H2,1H3. The fourth-order valence-electron chi connectivity index (χ4n) is 2.56. The molecular formula is C14H17BrN2O. The smallest absolute Gasteiger partial charge is 0.114 e. The minimum absolute atomic E-state index is 0.592. The topological polar surface area (TPSA) is 56.9 Å². The van der Waals surface area contributed by atoms with Crippen molar-refractivity contribution in [2.45, 2.75) is 38.7 Å². The predicted molar refractivity (Wildman–Crippen MR) is 72.6 cm³/mol. The lowest BCUT2D eigenvalue weighted by molar-refractivity contribution is 0.0236. The molecule has 1 unspecified atom stereocenters. The number of hydrogen-bond acceptors (Lipinski definition) is 3. The van der Waals surface area contributed by atoms with Crippen molar-refractivity contribution in [3.05, 3.63) is 28.5 Å². The second-order valence-electron chi connectivity index (χ2n) is 5.25. The van der Waals surface area contributed by atoms with E-state index < -0.39 is 11.5 Å². The Morgan fingerprint density at radius 2 is 2.17 bits per heavy atom. The molecule has 1 atom stereocenters. The van der Waals surface area contributed by atoms with E-state index in [1.165, 1.54) is 0 Å². The summed E-state index contributed by atoms with van der Waals surface area (Å²) in [6.45, 7) is 2.20. The van der Waals surface area contributed by atoms with Crippen LogP contribution in [0, 0.1) is 22.7 Å². The molecule has 1 aromatic heterocycles. The third kappa shape index (κ3) is 2.57. The van der Waals surface area contributed by atoms with Crippen LogP contribution in [0.15, 0.2) is 22.8 Å². The van der Waals surface area contributed by atoms with Crippen molar-refractivity contribution in [2.75, 3.05) is 0 Å². The monoisotopic (exact) mass is 308 g/mol. The van der Waals surface area contributed by atoms with Gasteiger partial charge in [-0.25, -0.2) is 0 Å². The van der Waals surface area contributed by atoms with E-state index >= 15 is 0 Å². The van der Waals surface area contributed by atoms with Gasteiger partial charge in [0.25, 0.3) is 0 Å². The van der Waals surface area contributed by atoms with Gasteiger partial charge in [-0.05, 0) is 59.7 Å².